The summed E-state index contributed by atoms with van der Waals surface area (Å²) in [7, 11) is -2.38. The Kier molecular flexibility index (Phi) is 10.5. The second-order valence-corrected chi connectivity index (χ2v) is 12.9. The molecule has 2 heterocycles. The van der Waals surface area contributed by atoms with Crippen LogP contribution < -0.4 is 15.0 Å². The van der Waals surface area contributed by atoms with Crippen LogP contribution in [0.25, 0.3) is 6.08 Å². The highest BCUT2D eigenvalue weighted by Gasteiger charge is 2.47. The maximum absolute atomic E-state index is 13.3. The molecule has 0 aliphatic carbocycles. The van der Waals surface area contributed by atoms with Gasteiger partial charge in [-0.3, -0.25) is 14.7 Å². The first-order valence-electron chi connectivity index (χ1n) is 14.4. The largest absolute Gasteiger partial charge is 0.573 e. The number of rotatable bonds is 10. The number of likely N-dealkylation sites (N-methyl/N-ethyl adjacent to an activating group) is 1. The van der Waals surface area contributed by atoms with Crippen LogP contribution in [-0.4, -0.2) is 104 Å². The van der Waals surface area contributed by atoms with E-state index in [9.17, 15) is 41.4 Å². The smallest absolute Gasteiger partial charge is 0.406 e. The van der Waals surface area contributed by atoms with Crippen LogP contribution in [0.15, 0.2) is 46.8 Å². The number of aryl methyl sites for hydroxylation is 2. The molecule has 46 heavy (non-hydrogen) atoms. The number of urea groups is 1. The summed E-state index contributed by atoms with van der Waals surface area (Å²) >= 11 is 0. The molecule has 0 aromatic heterocycles. The van der Waals surface area contributed by atoms with Crippen LogP contribution in [0.5, 0.6) is 5.75 Å². The number of hydrogen-bond donors (Lipinski definition) is 3. The minimum atomic E-state index is -4.88. The summed E-state index contributed by atoms with van der Waals surface area (Å²) in [6.07, 6.45) is -3.27. The van der Waals surface area contributed by atoms with Crippen molar-refractivity contribution in [1.29, 1.82) is 0 Å². The number of carbonyl (C=O) groups excluding carboxylic acids is 2. The monoisotopic (exact) mass is 667 g/mol. The average molecular weight is 668 g/mol. The molecule has 3 amide bonds. The lowest BCUT2D eigenvalue weighted by Crippen LogP contribution is -2.50. The fraction of sp³-hybridized carbons (Fsp3) is 0.433. The van der Waals surface area contributed by atoms with Crippen molar-refractivity contribution in [2.24, 2.45) is 4.99 Å². The molecule has 2 aliphatic rings. The van der Waals surface area contributed by atoms with E-state index in [2.05, 4.69) is 15.0 Å². The summed E-state index contributed by atoms with van der Waals surface area (Å²) in [6.45, 7) is 3.15. The molecule has 16 heteroatoms. The van der Waals surface area contributed by atoms with E-state index >= 15 is 0 Å². The van der Waals surface area contributed by atoms with E-state index in [-0.39, 0.29) is 63.6 Å². The number of halogens is 3. The third-order valence-corrected chi connectivity index (χ3v) is 9.41. The number of ether oxygens (including phenoxy) is 1. The Morgan fingerprint density at radius 3 is 2.33 bits per heavy atom. The standard InChI is InChI=1S/C30H36F3N5O7S/c1-20-17-23(38(13-15-40)28(42)36(3)12-14-39)18-21(2)25(20)7-16-46(43,44)37-10-8-29(9-11-37)27(41)34-26(35-29)22-5-4-6-24(19-22)45-30(31,32)33/h4-7,16-19,39-40H,8-15H2,1-3H3,(H,34,35,41). The van der Waals surface area contributed by atoms with Gasteiger partial charge in [0.2, 0.25) is 10.0 Å². The molecule has 12 nitrogen and oxygen atoms in total. The number of carbonyl (C=O) groups is 2. The second-order valence-electron chi connectivity index (χ2n) is 11.1. The Balaban J connectivity index is 1.47. The van der Waals surface area contributed by atoms with Crippen LogP contribution in [0.4, 0.5) is 23.7 Å². The van der Waals surface area contributed by atoms with E-state index in [4.69, 9.17) is 0 Å². The first-order chi connectivity index (χ1) is 21.6. The molecule has 0 radical (unpaired) electrons. The molecular formula is C30H36F3N5O7S. The number of hydrogen-bond acceptors (Lipinski definition) is 8. The molecule has 1 fully saturated rings. The molecule has 2 aromatic carbocycles. The molecule has 0 saturated carbocycles. The number of aliphatic hydroxyl groups is 2. The predicted molar refractivity (Wildman–Crippen MR) is 165 cm³/mol. The third kappa shape index (κ3) is 7.86. The van der Waals surface area contributed by atoms with Crippen molar-refractivity contribution in [2.75, 3.05) is 51.3 Å². The van der Waals surface area contributed by atoms with Crippen LogP contribution in [0.2, 0.25) is 0 Å². The van der Waals surface area contributed by atoms with Crippen LogP contribution in [-0.2, 0) is 14.8 Å². The summed E-state index contributed by atoms with van der Waals surface area (Å²) in [6, 6.07) is 8.09. The van der Waals surface area contributed by atoms with Crippen molar-refractivity contribution in [1.82, 2.24) is 14.5 Å². The summed E-state index contributed by atoms with van der Waals surface area (Å²) < 4.78 is 69.7. The highest BCUT2D eigenvalue weighted by Crippen LogP contribution is 2.33. The van der Waals surface area contributed by atoms with Crippen LogP contribution in [0.3, 0.4) is 0 Å². The number of sulfonamides is 1. The van der Waals surface area contributed by atoms with Crippen LogP contribution in [0, 0.1) is 13.8 Å². The lowest BCUT2D eigenvalue weighted by molar-refractivity contribution is -0.274. The van der Waals surface area contributed by atoms with Crippen molar-refractivity contribution in [2.45, 2.75) is 38.6 Å². The lowest BCUT2D eigenvalue weighted by Gasteiger charge is -2.34. The van der Waals surface area contributed by atoms with E-state index < -0.39 is 39.6 Å². The second kappa shape index (κ2) is 13.8. The lowest BCUT2D eigenvalue weighted by atomic mass is 9.89. The first kappa shape index (κ1) is 34.9. The van der Waals surface area contributed by atoms with Gasteiger partial charge in [-0.2, -0.15) is 4.31 Å². The van der Waals surface area contributed by atoms with E-state index in [1.54, 1.807) is 26.0 Å². The minimum Gasteiger partial charge on any atom is -0.406 e. The number of nitrogens with one attached hydrogen (secondary N) is 1. The number of nitrogens with zero attached hydrogens (tertiary/aromatic N) is 4. The molecule has 250 valence electrons. The summed E-state index contributed by atoms with van der Waals surface area (Å²) in [5, 5.41) is 22.4. The topological polar surface area (TPSA) is 152 Å². The Labute approximate surface area is 264 Å². The van der Waals surface area contributed by atoms with E-state index in [0.29, 0.717) is 22.4 Å². The predicted octanol–water partition coefficient (Wildman–Crippen LogP) is 2.76. The van der Waals surface area contributed by atoms with Gasteiger partial charge in [0.1, 0.15) is 17.1 Å². The van der Waals surface area contributed by atoms with Gasteiger partial charge in [-0.25, -0.2) is 13.2 Å². The highest BCUT2D eigenvalue weighted by atomic mass is 32.2. The summed E-state index contributed by atoms with van der Waals surface area (Å²) in [5.74, 6) is -0.834. The quantitative estimate of drug-likeness (QED) is 0.353. The van der Waals surface area contributed by atoms with Crippen molar-refractivity contribution in [3.8, 4) is 5.75 Å². The average Bonchev–Trinajstić information content (AvgIpc) is 3.29. The Morgan fingerprint density at radius 2 is 1.74 bits per heavy atom. The van der Waals surface area contributed by atoms with Gasteiger partial charge in [0.05, 0.1) is 19.8 Å². The van der Waals surface area contributed by atoms with Gasteiger partial charge in [-0.15, -0.1) is 13.2 Å². The molecule has 0 unspecified atom stereocenters. The fourth-order valence-electron chi connectivity index (χ4n) is 5.44. The van der Waals surface area contributed by atoms with Gasteiger partial charge in [0, 0.05) is 43.3 Å². The van der Waals surface area contributed by atoms with E-state index in [0.717, 1.165) is 17.5 Å². The Morgan fingerprint density at radius 1 is 1.11 bits per heavy atom. The van der Waals surface area contributed by atoms with Gasteiger partial charge >= 0.3 is 12.4 Å². The van der Waals surface area contributed by atoms with Crippen LogP contribution in [0.1, 0.15) is 35.1 Å². The number of alkyl halides is 3. The zero-order valence-corrected chi connectivity index (χ0v) is 26.4. The maximum Gasteiger partial charge on any atom is 0.573 e. The zero-order chi connectivity index (χ0) is 33.9. The molecule has 1 saturated heterocycles. The number of aliphatic hydroxyl groups excluding tert-OH is 2. The molecule has 1 spiro atoms. The van der Waals surface area contributed by atoms with Gasteiger partial charge in [0.15, 0.2) is 0 Å². The number of benzene rings is 2. The first-order valence-corrected chi connectivity index (χ1v) is 15.9. The van der Waals surface area contributed by atoms with Gasteiger partial charge < -0.3 is 25.2 Å². The normalized spacial score (nSPS) is 16.9. The van der Waals surface area contributed by atoms with Crippen molar-refractivity contribution in [3.63, 3.8) is 0 Å². The SMILES string of the molecule is Cc1cc(N(CCO)C(=O)N(C)CCO)cc(C)c1C=CS(=O)(=O)N1CCC2(CC1)N=C(c1cccc(OC(F)(F)F)c1)NC2=O. The minimum absolute atomic E-state index is 0.00934. The number of piperidine rings is 1. The van der Waals surface area contributed by atoms with Crippen molar-refractivity contribution < 1.29 is 46.1 Å². The number of anilines is 1. The zero-order valence-electron chi connectivity index (χ0n) is 25.5. The van der Waals surface area contributed by atoms with Gasteiger partial charge in [-0.05, 0) is 73.7 Å². The summed E-state index contributed by atoms with van der Waals surface area (Å²) in [4.78, 5) is 33.0. The fourth-order valence-corrected chi connectivity index (χ4v) is 6.61. The van der Waals surface area contributed by atoms with Gasteiger partial charge in [0.25, 0.3) is 5.91 Å². The molecule has 4 rings (SSSR count). The van der Waals surface area contributed by atoms with E-state index in [1.165, 1.54) is 39.4 Å². The van der Waals surface area contributed by atoms with Crippen molar-refractivity contribution >= 4 is 39.6 Å². The Hall–Kier alpha value is -3.99. The number of amides is 3. The molecule has 2 aromatic rings. The third-order valence-electron chi connectivity index (χ3n) is 7.84. The molecule has 3 N–H and O–H groups in total. The number of aliphatic imine (C=N–C) groups is 1. The van der Waals surface area contributed by atoms with Crippen LogP contribution >= 0.6 is 0 Å². The molecule has 2 aliphatic heterocycles. The summed E-state index contributed by atoms with van der Waals surface area (Å²) in [5.41, 5.74) is 1.49. The molecule has 0 atom stereocenters. The Bertz CT molecular complexity index is 1610. The highest BCUT2D eigenvalue weighted by molar-refractivity contribution is 7.92. The van der Waals surface area contributed by atoms with Crippen molar-refractivity contribution in [3.05, 3.63) is 64.1 Å². The number of amidine groups is 1. The molecular weight excluding hydrogens is 631 g/mol. The maximum atomic E-state index is 13.3. The molecule has 0 bridgehead atoms. The van der Waals surface area contributed by atoms with E-state index in [1.807, 2.05) is 0 Å². The van der Waals surface area contributed by atoms with Gasteiger partial charge in [-0.1, -0.05) is 12.1 Å².